The molecule has 7 nitrogen and oxygen atoms in total. The molecule has 0 saturated carbocycles. The summed E-state index contributed by atoms with van der Waals surface area (Å²) in [5.74, 6) is 1.03. The molecule has 1 atom stereocenters. The lowest BCUT2D eigenvalue weighted by atomic mass is 9.92. The van der Waals surface area contributed by atoms with Crippen LogP contribution in [0.15, 0.2) is 77.0 Å². The van der Waals surface area contributed by atoms with Gasteiger partial charge in [0.05, 0.1) is 25.3 Å². The Morgan fingerprint density at radius 3 is 2.41 bits per heavy atom. The molecule has 37 heavy (non-hydrogen) atoms. The van der Waals surface area contributed by atoms with E-state index in [4.69, 9.17) is 9.26 Å². The third-order valence-electron chi connectivity index (χ3n) is 6.72. The standard InChI is InChI=1S/C29H27FN4O3/c1-17-5-8-22(15-18(17)2)26-25(28-32-27(33-37-28)21-9-11-23(30)12-10-21)19(3)34(29(35)31-26)16-20-6-13-24(36-4)14-7-20/h5-15,26H,16H2,1-4H3,(H,31,35). The van der Waals surface area contributed by atoms with Crippen LogP contribution in [0, 0.1) is 19.7 Å². The predicted octanol–water partition coefficient (Wildman–Crippen LogP) is 6.20. The Balaban J connectivity index is 1.58. The molecule has 2 amide bonds. The average molecular weight is 499 g/mol. The van der Waals surface area contributed by atoms with Crippen molar-refractivity contribution in [1.82, 2.24) is 20.4 Å². The van der Waals surface area contributed by atoms with E-state index in [-0.39, 0.29) is 11.8 Å². The molecule has 0 radical (unpaired) electrons. The zero-order valence-corrected chi connectivity index (χ0v) is 21.1. The van der Waals surface area contributed by atoms with Gasteiger partial charge in [0.1, 0.15) is 11.6 Å². The Morgan fingerprint density at radius 2 is 1.73 bits per heavy atom. The van der Waals surface area contributed by atoms with Gasteiger partial charge in [0.2, 0.25) is 5.82 Å². The maximum Gasteiger partial charge on any atom is 0.322 e. The van der Waals surface area contributed by atoms with Crippen LogP contribution >= 0.6 is 0 Å². The second-order valence-electron chi connectivity index (χ2n) is 9.09. The van der Waals surface area contributed by atoms with Crippen molar-refractivity contribution in [1.29, 1.82) is 0 Å². The van der Waals surface area contributed by atoms with Crippen LogP contribution in [0.3, 0.4) is 0 Å². The topological polar surface area (TPSA) is 80.5 Å². The van der Waals surface area contributed by atoms with Crippen LogP contribution in [0.1, 0.15) is 41.1 Å². The second-order valence-corrected chi connectivity index (χ2v) is 9.09. The number of aromatic nitrogens is 2. The lowest BCUT2D eigenvalue weighted by Gasteiger charge is -2.35. The van der Waals surface area contributed by atoms with Gasteiger partial charge in [-0.25, -0.2) is 9.18 Å². The number of amides is 2. The van der Waals surface area contributed by atoms with Crippen molar-refractivity contribution >= 4 is 11.6 Å². The minimum atomic E-state index is -0.486. The molecule has 1 aliphatic heterocycles. The summed E-state index contributed by atoms with van der Waals surface area (Å²) < 4.78 is 24.4. The van der Waals surface area contributed by atoms with E-state index in [1.807, 2.05) is 57.2 Å². The molecule has 1 aliphatic rings. The summed E-state index contributed by atoms with van der Waals surface area (Å²) in [4.78, 5) is 19.7. The third-order valence-corrected chi connectivity index (χ3v) is 6.72. The Hall–Kier alpha value is -4.46. The quantitative estimate of drug-likeness (QED) is 0.342. The molecule has 0 aliphatic carbocycles. The van der Waals surface area contributed by atoms with Gasteiger partial charge < -0.3 is 14.6 Å². The number of allylic oxidation sites excluding steroid dienone is 1. The lowest BCUT2D eigenvalue weighted by molar-refractivity contribution is 0.203. The molecule has 1 unspecified atom stereocenters. The number of urea groups is 1. The van der Waals surface area contributed by atoms with Crippen molar-refractivity contribution in [2.45, 2.75) is 33.4 Å². The van der Waals surface area contributed by atoms with Crippen molar-refractivity contribution < 1.29 is 18.4 Å². The van der Waals surface area contributed by atoms with Crippen LogP contribution in [0.25, 0.3) is 17.0 Å². The Bertz CT molecular complexity index is 1480. The van der Waals surface area contributed by atoms with Crippen LogP contribution in [0.5, 0.6) is 5.75 Å². The number of nitrogens with one attached hydrogen (secondary N) is 1. The van der Waals surface area contributed by atoms with E-state index < -0.39 is 6.04 Å². The zero-order valence-electron chi connectivity index (χ0n) is 21.1. The van der Waals surface area contributed by atoms with E-state index in [1.165, 1.54) is 12.1 Å². The van der Waals surface area contributed by atoms with Gasteiger partial charge in [0.25, 0.3) is 5.89 Å². The Labute approximate surface area is 214 Å². The van der Waals surface area contributed by atoms with Gasteiger partial charge >= 0.3 is 6.03 Å². The second kappa shape index (κ2) is 9.89. The van der Waals surface area contributed by atoms with Gasteiger partial charge in [0.15, 0.2) is 0 Å². The number of methoxy groups -OCH3 is 1. The highest BCUT2D eigenvalue weighted by atomic mass is 19.1. The lowest BCUT2D eigenvalue weighted by Crippen LogP contribution is -2.45. The molecule has 5 rings (SSSR count). The van der Waals surface area contributed by atoms with Crippen LogP contribution < -0.4 is 10.1 Å². The minimum absolute atomic E-state index is 0.224. The SMILES string of the molecule is COc1ccc(CN2C(=O)NC(c3ccc(C)c(C)c3)C(c3nc(-c4ccc(F)cc4)no3)=C2C)cc1. The fourth-order valence-corrected chi connectivity index (χ4v) is 4.41. The van der Waals surface area contributed by atoms with Gasteiger partial charge in [-0.05, 0) is 79.4 Å². The Kier molecular flexibility index (Phi) is 6.48. The van der Waals surface area contributed by atoms with E-state index in [0.717, 1.165) is 28.0 Å². The van der Waals surface area contributed by atoms with Crippen LogP contribution in [0.2, 0.25) is 0 Å². The first-order chi connectivity index (χ1) is 17.8. The van der Waals surface area contributed by atoms with Gasteiger partial charge in [-0.3, -0.25) is 4.90 Å². The number of ether oxygens (including phenoxy) is 1. The fraction of sp³-hybridized carbons (Fsp3) is 0.207. The van der Waals surface area contributed by atoms with E-state index in [2.05, 4.69) is 21.5 Å². The summed E-state index contributed by atoms with van der Waals surface area (Å²) in [7, 11) is 1.61. The first-order valence-electron chi connectivity index (χ1n) is 11.9. The molecule has 3 aromatic carbocycles. The molecule has 0 bridgehead atoms. The maximum atomic E-state index is 13.4. The molecule has 1 N–H and O–H groups in total. The summed E-state index contributed by atoms with van der Waals surface area (Å²) in [5, 5.41) is 7.28. The average Bonchev–Trinajstić information content (AvgIpc) is 3.38. The van der Waals surface area contributed by atoms with Crippen molar-refractivity contribution in [3.05, 3.63) is 106 Å². The number of nitrogens with zero attached hydrogens (tertiary/aromatic N) is 3. The van der Waals surface area contributed by atoms with E-state index in [1.54, 1.807) is 24.1 Å². The Morgan fingerprint density at radius 1 is 1.00 bits per heavy atom. The van der Waals surface area contributed by atoms with Gasteiger partial charge in [-0.15, -0.1) is 0 Å². The number of carbonyl (C=O) groups excluding carboxylic acids is 1. The van der Waals surface area contributed by atoms with Crippen molar-refractivity contribution in [2.24, 2.45) is 0 Å². The monoisotopic (exact) mass is 498 g/mol. The maximum absolute atomic E-state index is 13.4. The fourth-order valence-electron chi connectivity index (χ4n) is 4.41. The van der Waals surface area contributed by atoms with Crippen molar-refractivity contribution in [2.75, 3.05) is 7.11 Å². The normalized spacial score (nSPS) is 15.6. The number of rotatable bonds is 6. The molecule has 0 saturated heterocycles. The summed E-state index contributed by atoms with van der Waals surface area (Å²) in [6.45, 7) is 6.32. The van der Waals surface area contributed by atoms with Crippen LogP contribution in [0.4, 0.5) is 9.18 Å². The highest BCUT2D eigenvalue weighted by Crippen LogP contribution is 2.38. The molecule has 0 fully saturated rings. The summed E-state index contributed by atoms with van der Waals surface area (Å²) in [6, 6.07) is 18.9. The number of halogens is 1. The first-order valence-corrected chi connectivity index (χ1v) is 11.9. The van der Waals surface area contributed by atoms with Crippen LogP contribution in [-0.4, -0.2) is 28.2 Å². The first kappa shape index (κ1) is 24.2. The summed E-state index contributed by atoms with van der Waals surface area (Å²) in [5.41, 5.74) is 6.17. The molecular formula is C29H27FN4O3. The number of carbonyl (C=O) groups is 1. The molecule has 188 valence electrons. The largest absolute Gasteiger partial charge is 0.497 e. The van der Waals surface area contributed by atoms with Gasteiger partial charge in [0, 0.05) is 11.3 Å². The highest BCUT2D eigenvalue weighted by molar-refractivity contribution is 5.87. The molecule has 2 heterocycles. The molecule has 1 aromatic heterocycles. The number of hydrogen-bond acceptors (Lipinski definition) is 5. The van der Waals surface area contributed by atoms with Gasteiger partial charge in [-0.2, -0.15) is 4.98 Å². The van der Waals surface area contributed by atoms with Crippen molar-refractivity contribution in [3.8, 4) is 17.1 Å². The third kappa shape index (κ3) is 4.82. The van der Waals surface area contributed by atoms with E-state index in [9.17, 15) is 9.18 Å². The zero-order chi connectivity index (χ0) is 26.1. The van der Waals surface area contributed by atoms with Gasteiger partial charge in [-0.1, -0.05) is 35.5 Å². The van der Waals surface area contributed by atoms with Crippen LogP contribution in [-0.2, 0) is 6.54 Å². The van der Waals surface area contributed by atoms with E-state index in [0.29, 0.717) is 35.1 Å². The molecule has 4 aromatic rings. The predicted molar refractivity (Wildman–Crippen MR) is 138 cm³/mol. The van der Waals surface area contributed by atoms with E-state index >= 15 is 0 Å². The summed E-state index contributed by atoms with van der Waals surface area (Å²) in [6.07, 6.45) is 0. The number of hydrogen-bond donors (Lipinski definition) is 1. The molecule has 0 spiro atoms. The summed E-state index contributed by atoms with van der Waals surface area (Å²) >= 11 is 0. The molecular weight excluding hydrogens is 471 g/mol. The highest BCUT2D eigenvalue weighted by Gasteiger charge is 2.36. The minimum Gasteiger partial charge on any atom is -0.497 e. The number of aryl methyl sites for hydroxylation is 2. The number of benzene rings is 3. The van der Waals surface area contributed by atoms with Crippen molar-refractivity contribution in [3.63, 3.8) is 0 Å². The molecule has 8 heteroatoms. The smallest absolute Gasteiger partial charge is 0.322 e.